The molecule has 0 unspecified atom stereocenters. The largest absolute Gasteiger partial charge is 0.342 e. The van der Waals surface area contributed by atoms with Crippen LogP contribution in [-0.2, 0) is 9.59 Å². The quantitative estimate of drug-likeness (QED) is 0.638. The molecule has 2 amide bonds. The summed E-state index contributed by atoms with van der Waals surface area (Å²) in [6.45, 7) is 5.48. The highest BCUT2D eigenvalue weighted by Crippen LogP contribution is 2.31. The van der Waals surface area contributed by atoms with E-state index in [4.69, 9.17) is 17.0 Å². The molecular weight excluding hydrogens is 472 g/mol. The van der Waals surface area contributed by atoms with E-state index in [-0.39, 0.29) is 23.7 Å². The molecule has 1 N–H and O–H groups in total. The zero-order chi connectivity index (χ0) is 24.0. The Kier molecular flexibility index (Phi) is 5.91. The molecule has 4 heterocycles. The first-order valence-corrected chi connectivity index (χ1v) is 12.2. The van der Waals surface area contributed by atoms with Crippen LogP contribution in [0.5, 0.6) is 0 Å². The highest BCUT2D eigenvalue weighted by molar-refractivity contribution is 8.27. The summed E-state index contributed by atoms with van der Waals surface area (Å²) in [6, 6.07) is 9.52. The molecular formula is C24H23ClN6O2S. The third kappa shape index (κ3) is 4.10. The van der Waals surface area contributed by atoms with Gasteiger partial charge in [0.2, 0.25) is 11.1 Å². The molecule has 0 radical (unpaired) electrons. The number of aromatic nitrogens is 1. The molecule has 8 nitrogen and oxygen atoms in total. The Morgan fingerprint density at radius 1 is 1.24 bits per heavy atom. The van der Waals surface area contributed by atoms with Crippen LogP contribution >= 0.6 is 23.4 Å². The van der Waals surface area contributed by atoms with Crippen molar-refractivity contribution >= 4 is 57.3 Å². The number of amides is 2. The van der Waals surface area contributed by atoms with Crippen molar-refractivity contribution in [3.63, 3.8) is 0 Å². The van der Waals surface area contributed by atoms with E-state index in [9.17, 15) is 9.59 Å². The van der Waals surface area contributed by atoms with Crippen LogP contribution in [0.25, 0.3) is 11.8 Å². The van der Waals surface area contributed by atoms with E-state index >= 15 is 0 Å². The number of hydrazone groups is 1. The summed E-state index contributed by atoms with van der Waals surface area (Å²) in [5.41, 5.74) is 3.78. The number of rotatable bonds is 4. The van der Waals surface area contributed by atoms with Crippen LogP contribution in [0.2, 0.25) is 5.02 Å². The van der Waals surface area contributed by atoms with Crippen LogP contribution in [0, 0.1) is 19.3 Å². The number of amidine groups is 2. The van der Waals surface area contributed by atoms with Crippen LogP contribution < -0.4 is 0 Å². The van der Waals surface area contributed by atoms with Crippen molar-refractivity contribution < 1.29 is 9.59 Å². The van der Waals surface area contributed by atoms with Crippen LogP contribution in [-0.4, -0.2) is 55.4 Å². The van der Waals surface area contributed by atoms with Gasteiger partial charge in [0.25, 0.3) is 5.91 Å². The molecule has 2 aromatic rings. The molecule has 10 heteroatoms. The minimum Gasteiger partial charge on any atom is -0.342 e. The highest BCUT2D eigenvalue weighted by atomic mass is 35.5. The maximum absolute atomic E-state index is 12.8. The van der Waals surface area contributed by atoms with Gasteiger partial charge in [0.15, 0.2) is 5.84 Å². The standard InChI is InChI=1S/C24H23ClN6O2S/c1-14-10-16(15(2)30(14)18-7-5-6-17(25)12-18)11-19-22(26)31-24(27-23(19)33)34-20(28-31)13-21(32)29-8-3-4-9-29/h5-7,10-12,26H,3-4,8-9,13H2,1-2H3/b19-11+,26-22?. The van der Waals surface area contributed by atoms with Crippen LogP contribution in [0.3, 0.4) is 0 Å². The molecule has 1 saturated heterocycles. The lowest BCUT2D eigenvalue weighted by molar-refractivity contribution is -0.128. The van der Waals surface area contributed by atoms with Gasteiger partial charge in [-0.05, 0) is 74.4 Å². The fraction of sp³-hybridized carbons (Fsp3) is 0.292. The number of thioether (sulfide) groups is 1. The Morgan fingerprint density at radius 2 is 2.00 bits per heavy atom. The van der Waals surface area contributed by atoms with Crippen molar-refractivity contribution in [2.75, 3.05) is 13.1 Å². The first-order valence-electron chi connectivity index (χ1n) is 11.0. The Balaban J connectivity index is 1.42. The predicted octanol–water partition coefficient (Wildman–Crippen LogP) is 4.38. The first kappa shape index (κ1) is 22.6. The summed E-state index contributed by atoms with van der Waals surface area (Å²) < 4.78 is 2.05. The number of nitrogens with zero attached hydrogens (tertiary/aromatic N) is 5. The number of halogens is 1. The van der Waals surface area contributed by atoms with Gasteiger partial charge in [-0.2, -0.15) is 15.1 Å². The number of likely N-dealkylation sites (tertiary alicyclic amines) is 1. The number of hydrogen-bond donors (Lipinski definition) is 1. The first-order chi connectivity index (χ1) is 16.3. The van der Waals surface area contributed by atoms with Gasteiger partial charge in [-0.3, -0.25) is 15.0 Å². The molecule has 0 bridgehead atoms. The van der Waals surface area contributed by atoms with E-state index in [0.29, 0.717) is 15.2 Å². The van der Waals surface area contributed by atoms with Crippen molar-refractivity contribution in [2.45, 2.75) is 33.1 Å². The average molecular weight is 495 g/mol. The molecule has 174 valence electrons. The molecule has 0 atom stereocenters. The summed E-state index contributed by atoms with van der Waals surface area (Å²) in [6.07, 6.45) is 3.88. The second-order valence-corrected chi connectivity index (χ2v) is 9.90. The molecule has 0 aliphatic carbocycles. The molecule has 0 spiro atoms. The third-order valence-electron chi connectivity index (χ3n) is 6.09. The van der Waals surface area contributed by atoms with E-state index in [1.54, 1.807) is 6.08 Å². The topological polar surface area (TPSA) is 94.1 Å². The predicted molar refractivity (Wildman–Crippen MR) is 136 cm³/mol. The summed E-state index contributed by atoms with van der Waals surface area (Å²) in [4.78, 5) is 31.3. The van der Waals surface area contributed by atoms with Gasteiger partial charge >= 0.3 is 0 Å². The van der Waals surface area contributed by atoms with Crippen LogP contribution in [0.15, 0.2) is 46.0 Å². The zero-order valence-electron chi connectivity index (χ0n) is 18.8. The Morgan fingerprint density at radius 3 is 2.74 bits per heavy atom. The lowest BCUT2D eigenvalue weighted by Crippen LogP contribution is -2.35. The smallest absolute Gasteiger partial charge is 0.283 e. The van der Waals surface area contributed by atoms with Gasteiger partial charge < -0.3 is 9.47 Å². The molecule has 1 fully saturated rings. The average Bonchev–Trinajstić information content (AvgIpc) is 3.51. The lowest BCUT2D eigenvalue weighted by Gasteiger charge is -2.20. The third-order valence-corrected chi connectivity index (χ3v) is 7.24. The van der Waals surface area contributed by atoms with Crippen LogP contribution in [0.4, 0.5) is 0 Å². The van der Waals surface area contributed by atoms with Crippen molar-refractivity contribution in [1.29, 1.82) is 5.41 Å². The van der Waals surface area contributed by atoms with Gasteiger partial charge in [-0.25, -0.2) is 0 Å². The number of hydrogen-bond acceptors (Lipinski definition) is 5. The van der Waals surface area contributed by atoms with Gasteiger partial charge in [0.05, 0.1) is 12.0 Å². The molecule has 5 rings (SSSR count). The summed E-state index contributed by atoms with van der Waals surface area (Å²) in [5.74, 6) is -0.511. The van der Waals surface area contributed by atoms with Crippen molar-refractivity contribution in [2.24, 2.45) is 10.1 Å². The number of nitrogens with one attached hydrogen (secondary N) is 1. The number of benzene rings is 1. The number of aliphatic imine (C=N–C) groups is 1. The SMILES string of the molecule is Cc1cc(/C=C2\C(=N)N3N=C(CC(=O)N4CCCC4)SC3=NC2=O)c(C)n1-c1cccc(Cl)c1. The molecule has 34 heavy (non-hydrogen) atoms. The minimum atomic E-state index is -0.487. The lowest BCUT2D eigenvalue weighted by atomic mass is 10.1. The van der Waals surface area contributed by atoms with E-state index in [1.807, 2.05) is 49.1 Å². The Bertz CT molecular complexity index is 1320. The summed E-state index contributed by atoms with van der Waals surface area (Å²) in [5, 5.41) is 15.9. The number of carbonyl (C=O) groups excluding carboxylic acids is 2. The minimum absolute atomic E-state index is 0.0197. The zero-order valence-corrected chi connectivity index (χ0v) is 20.4. The molecule has 0 saturated carbocycles. The fourth-order valence-electron chi connectivity index (χ4n) is 4.41. The van der Waals surface area contributed by atoms with E-state index in [2.05, 4.69) is 14.7 Å². The Labute approximate surface area is 206 Å². The Hall–Kier alpha value is -3.17. The maximum atomic E-state index is 12.8. The monoisotopic (exact) mass is 494 g/mol. The summed E-state index contributed by atoms with van der Waals surface area (Å²) in [7, 11) is 0. The fourth-order valence-corrected chi connectivity index (χ4v) is 5.47. The molecule has 3 aliphatic heterocycles. The molecule has 1 aromatic heterocycles. The van der Waals surface area contributed by atoms with Gasteiger partial charge in [0, 0.05) is 35.2 Å². The second kappa shape index (κ2) is 8.88. The normalized spacial score (nSPS) is 19.1. The van der Waals surface area contributed by atoms with Gasteiger partial charge in [-0.1, -0.05) is 17.7 Å². The molecule has 3 aliphatic rings. The summed E-state index contributed by atoms with van der Waals surface area (Å²) >= 11 is 7.35. The van der Waals surface area contributed by atoms with E-state index < -0.39 is 5.91 Å². The maximum Gasteiger partial charge on any atom is 0.283 e. The van der Waals surface area contributed by atoms with Crippen molar-refractivity contribution in [3.8, 4) is 5.69 Å². The van der Waals surface area contributed by atoms with Crippen LogP contribution in [0.1, 0.15) is 36.2 Å². The van der Waals surface area contributed by atoms with Crippen molar-refractivity contribution in [3.05, 3.63) is 57.9 Å². The van der Waals surface area contributed by atoms with E-state index in [1.165, 1.54) is 16.8 Å². The molecule has 1 aromatic carbocycles. The van der Waals surface area contributed by atoms with Gasteiger partial charge in [-0.15, -0.1) is 0 Å². The second-order valence-electron chi connectivity index (χ2n) is 8.42. The number of carbonyl (C=O) groups is 2. The van der Waals surface area contributed by atoms with Crippen molar-refractivity contribution in [1.82, 2.24) is 14.5 Å². The highest BCUT2D eigenvalue weighted by Gasteiger charge is 2.36. The van der Waals surface area contributed by atoms with E-state index in [0.717, 1.165) is 48.6 Å². The van der Waals surface area contributed by atoms with Gasteiger partial charge in [0.1, 0.15) is 5.04 Å². The number of aryl methyl sites for hydroxylation is 1. The number of fused-ring (bicyclic) bond motifs is 1.